The van der Waals surface area contributed by atoms with Gasteiger partial charge in [-0.25, -0.2) is 4.79 Å². The second-order valence-electron chi connectivity index (χ2n) is 3.44. The highest BCUT2D eigenvalue weighted by Crippen LogP contribution is 2.26. The fourth-order valence-corrected chi connectivity index (χ4v) is 1.45. The van der Waals surface area contributed by atoms with Gasteiger partial charge in [0.25, 0.3) is 0 Å². The molecule has 0 unspecified atom stereocenters. The molecule has 4 heteroatoms. The quantitative estimate of drug-likeness (QED) is 0.798. The summed E-state index contributed by atoms with van der Waals surface area (Å²) in [6.07, 6.45) is 2.05. The van der Waals surface area contributed by atoms with Crippen LogP contribution in [0.5, 0.6) is 11.5 Å². The molecule has 0 saturated carbocycles. The van der Waals surface area contributed by atoms with Gasteiger partial charge in [0, 0.05) is 11.1 Å². The van der Waals surface area contributed by atoms with E-state index in [9.17, 15) is 4.79 Å². The third-order valence-corrected chi connectivity index (χ3v) is 2.42. The molecule has 1 N–H and O–H groups in total. The number of aliphatic carboxylic acids is 1. The molecule has 0 bridgehead atoms. The zero-order valence-electron chi connectivity index (χ0n) is 10.2. The second-order valence-corrected chi connectivity index (χ2v) is 3.44. The summed E-state index contributed by atoms with van der Waals surface area (Å²) in [6, 6.07) is 5.26. The van der Waals surface area contributed by atoms with Crippen molar-refractivity contribution in [1.82, 2.24) is 0 Å². The first-order chi connectivity index (χ1) is 8.12. The van der Waals surface area contributed by atoms with Crippen LogP contribution in [0.25, 0.3) is 6.08 Å². The number of methoxy groups -OCH3 is 2. The smallest absolute Gasteiger partial charge is 0.331 e. The maximum Gasteiger partial charge on any atom is 0.331 e. The van der Waals surface area contributed by atoms with Crippen LogP contribution in [-0.2, 0) is 4.79 Å². The van der Waals surface area contributed by atoms with Gasteiger partial charge < -0.3 is 14.6 Å². The van der Waals surface area contributed by atoms with Gasteiger partial charge >= 0.3 is 5.97 Å². The van der Waals surface area contributed by atoms with E-state index in [0.717, 1.165) is 0 Å². The molecule has 1 aromatic rings. The summed E-state index contributed by atoms with van der Waals surface area (Å²) in [4.78, 5) is 10.9. The molecular weight excluding hydrogens is 220 g/mol. The van der Waals surface area contributed by atoms with E-state index in [0.29, 0.717) is 29.1 Å². The molecule has 17 heavy (non-hydrogen) atoms. The van der Waals surface area contributed by atoms with E-state index in [2.05, 4.69) is 0 Å². The van der Waals surface area contributed by atoms with Gasteiger partial charge in [-0.15, -0.1) is 0 Å². The lowest BCUT2D eigenvalue weighted by molar-refractivity contribution is -0.132. The second kappa shape index (κ2) is 5.94. The predicted molar refractivity (Wildman–Crippen MR) is 65.4 cm³/mol. The summed E-state index contributed by atoms with van der Waals surface area (Å²) in [5, 5.41) is 8.98. The fraction of sp³-hybridized carbons (Fsp3) is 0.308. The van der Waals surface area contributed by atoms with Crippen molar-refractivity contribution in [3.05, 3.63) is 29.3 Å². The van der Waals surface area contributed by atoms with Gasteiger partial charge in [-0.1, -0.05) is 6.92 Å². The number of carboxylic acid groups (broad SMARTS) is 1. The Kier molecular flexibility index (Phi) is 4.57. The van der Waals surface area contributed by atoms with Crippen molar-refractivity contribution in [2.24, 2.45) is 0 Å². The molecule has 0 amide bonds. The van der Waals surface area contributed by atoms with Crippen molar-refractivity contribution in [3.8, 4) is 11.5 Å². The van der Waals surface area contributed by atoms with Crippen LogP contribution in [0, 0.1) is 0 Å². The van der Waals surface area contributed by atoms with Crippen molar-refractivity contribution in [2.45, 2.75) is 13.3 Å². The zero-order chi connectivity index (χ0) is 12.8. The maximum absolute atomic E-state index is 10.9. The maximum atomic E-state index is 10.9. The first-order valence-electron chi connectivity index (χ1n) is 5.28. The van der Waals surface area contributed by atoms with Crippen LogP contribution in [0.15, 0.2) is 23.8 Å². The third kappa shape index (κ3) is 3.24. The Labute approximate surface area is 100 Å². The van der Waals surface area contributed by atoms with Gasteiger partial charge in [-0.05, 0) is 30.7 Å². The van der Waals surface area contributed by atoms with Crippen LogP contribution in [0.2, 0.25) is 0 Å². The molecule has 0 saturated heterocycles. The fourth-order valence-electron chi connectivity index (χ4n) is 1.45. The van der Waals surface area contributed by atoms with Crippen molar-refractivity contribution in [1.29, 1.82) is 0 Å². The van der Waals surface area contributed by atoms with E-state index in [-0.39, 0.29) is 0 Å². The van der Waals surface area contributed by atoms with E-state index in [1.807, 2.05) is 0 Å². The molecule has 0 aliphatic carbocycles. The molecule has 0 heterocycles. The van der Waals surface area contributed by atoms with Gasteiger partial charge in [0.15, 0.2) is 0 Å². The molecule has 1 rings (SSSR count). The molecular formula is C13H16O4. The number of hydrogen-bond donors (Lipinski definition) is 1. The van der Waals surface area contributed by atoms with Crippen LogP contribution in [0.3, 0.4) is 0 Å². The average Bonchev–Trinajstić information content (AvgIpc) is 2.35. The van der Waals surface area contributed by atoms with Gasteiger partial charge in [-0.3, -0.25) is 0 Å². The number of carboxylic acids is 1. The Morgan fingerprint density at radius 1 is 1.35 bits per heavy atom. The van der Waals surface area contributed by atoms with Gasteiger partial charge in [0.1, 0.15) is 11.5 Å². The van der Waals surface area contributed by atoms with Gasteiger partial charge in [0.05, 0.1) is 14.2 Å². The topological polar surface area (TPSA) is 55.8 Å². The Hall–Kier alpha value is -1.97. The van der Waals surface area contributed by atoms with Crippen molar-refractivity contribution < 1.29 is 19.4 Å². The Balaban J connectivity index is 3.22. The molecule has 0 atom stereocenters. The summed E-state index contributed by atoms with van der Waals surface area (Å²) in [5.41, 5.74) is 1.03. The van der Waals surface area contributed by atoms with Crippen molar-refractivity contribution in [2.75, 3.05) is 14.2 Å². The van der Waals surface area contributed by atoms with Crippen LogP contribution in [-0.4, -0.2) is 25.3 Å². The lowest BCUT2D eigenvalue weighted by atomic mass is 10.1. The summed E-state index contributed by atoms with van der Waals surface area (Å²) in [6.45, 7) is 1.80. The van der Waals surface area contributed by atoms with Crippen LogP contribution in [0.1, 0.15) is 18.9 Å². The summed E-state index contributed by atoms with van der Waals surface area (Å²) in [7, 11) is 3.11. The highest BCUT2D eigenvalue weighted by molar-refractivity contribution is 5.92. The first-order valence-corrected chi connectivity index (χ1v) is 5.28. The van der Waals surface area contributed by atoms with E-state index in [4.69, 9.17) is 14.6 Å². The predicted octanol–water partition coefficient (Wildman–Crippen LogP) is 2.58. The Bertz CT molecular complexity index is 435. The third-order valence-electron chi connectivity index (χ3n) is 2.42. The first kappa shape index (κ1) is 13.1. The number of rotatable bonds is 5. The summed E-state index contributed by atoms with van der Waals surface area (Å²) in [5.74, 6) is 0.369. The molecule has 92 valence electrons. The summed E-state index contributed by atoms with van der Waals surface area (Å²) < 4.78 is 10.3. The number of hydrogen-bond acceptors (Lipinski definition) is 3. The van der Waals surface area contributed by atoms with Crippen molar-refractivity contribution >= 4 is 12.0 Å². The van der Waals surface area contributed by atoms with E-state index in [1.54, 1.807) is 45.4 Å². The SMILES string of the molecule is CC/C(=C\c1cc(OC)ccc1OC)C(=O)O. The number of carbonyl (C=O) groups is 1. The monoisotopic (exact) mass is 236 g/mol. The van der Waals surface area contributed by atoms with Crippen molar-refractivity contribution in [3.63, 3.8) is 0 Å². The Morgan fingerprint density at radius 3 is 2.53 bits per heavy atom. The Morgan fingerprint density at radius 2 is 2.06 bits per heavy atom. The lowest BCUT2D eigenvalue weighted by Crippen LogP contribution is -1.99. The minimum Gasteiger partial charge on any atom is -0.497 e. The van der Waals surface area contributed by atoms with Gasteiger partial charge in [-0.2, -0.15) is 0 Å². The highest BCUT2D eigenvalue weighted by Gasteiger charge is 2.08. The lowest BCUT2D eigenvalue weighted by Gasteiger charge is -2.08. The van der Waals surface area contributed by atoms with Crippen LogP contribution >= 0.6 is 0 Å². The van der Waals surface area contributed by atoms with E-state index >= 15 is 0 Å². The number of ether oxygens (including phenoxy) is 2. The largest absolute Gasteiger partial charge is 0.497 e. The molecule has 1 aromatic carbocycles. The van der Waals surface area contributed by atoms with Crippen LogP contribution < -0.4 is 9.47 Å². The molecule has 4 nitrogen and oxygen atoms in total. The van der Waals surface area contributed by atoms with Crippen LogP contribution in [0.4, 0.5) is 0 Å². The minimum atomic E-state index is -0.919. The molecule has 0 spiro atoms. The molecule has 0 aliphatic heterocycles. The minimum absolute atomic E-state index is 0.330. The molecule has 0 aromatic heterocycles. The summed E-state index contributed by atoms with van der Waals surface area (Å²) >= 11 is 0. The normalized spacial score (nSPS) is 11.1. The van der Waals surface area contributed by atoms with E-state index in [1.165, 1.54) is 0 Å². The van der Waals surface area contributed by atoms with E-state index < -0.39 is 5.97 Å². The molecule has 0 fully saturated rings. The zero-order valence-corrected chi connectivity index (χ0v) is 10.2. The number of benzene rings is 1. The standard InChI is InChI=1S/C13H16O4/c1-4-9(13(14)15)7-10-8-11(16-2)5-6-12(10)17-3/h5-8H,4H2,1-3H3,(H,14,15)/b9-7+. The molecule has 0 radical (unpaired) electrons. The van der Waals surface area contributed by atoms with Gasteiger partial charge in [0.2, 0.25) is 0 Å². The molecule has 0 aliphatic rings. The highest BCUT2D eigenvalue weighted by atomic mass is 16.5. The average molecular weight is 236 g/mol.